The lowest BCUT2D eigenvalue weighted by atomic mass is 9.56. The second-order valence-corrected chi connectivity index (χ2v) is 9.32. The minimum absolute atomic E-state index is 0.0137. The Labute approximate surface area is 152 Å². The molecule has 3 rings (SSSR count). The quantitative estimate of drug-likeness (QED) is 0.786. The van der Waals surface area contributed by atoms with Crippen molar-refractivity contribution in [2.75, 3.05) is 11.4 Å². The predicted molar refractivity (Wildman–Crippen MR) is 102 cm³/mol. The van der Waals surface area contributed by atoms with Crippen molar-refractivity contribution in [3.8, 4) is 5.75 Å². The van der Waals surface area contributed by atoms with Gasteiger partial charge in [0.2, 0.25) is 5.91 Å². The van der Waals surface area contributed by atoms with Crippen molar-refractivity contribution in [2.24, 2.45) is 5.92 Å². The molecule has 1 N–H and O–H groups in total. The van der Waals surface area contributed by atoms with E-state index in [-0.39, 0.29) is 22.5 Å². The molecule has 4 heteroatoms. The van der Waals surface area contributed by atoms with E-state index in [2.05, 4.69) is 50.2 Å². The number of carbonyl (C=O) groups is 1. The van der Waals surface area contributed by atoms with E-state index in [1.165, 1.54) is 11.1 Å². The van der Waals surface area contributed by atoms with Crippen LogP contribution in [0.1, 0.15) is 58.1 Å². The van der Waals surface area contributed by atoms with Gasteiger partial charge in [-0.25, -0.2) is 0 Å². The number of phenols is 1. The summed E-state index contributed by atoms with van der Waals surface area (Å²) < 4.78 is 0.763. The third kappa shape index (κ3) is 2.50. The van der Waals surface area contributed by atoms with E-state index in [0.717, 1.165) is 23.0 Å². The number of halogens is 1. The third-order valence-corrected chi connectivity index (χ3v) is 6.51. The molecule has 2 aliphatic rings. The molecule has 2 atom stereocenters. The molecular formula is C20H26BrNO2. The molecule has 130 valence electrons. The summed E-state index contributed by atoms with van der Waals surface area (Å²) >= 11 is 3.38. The number of carbonyl (C=O) groups excluding carboxylic acids is 1. The molecule has 0 unspecified atom stereocenters. The lowest BCUT2D eigenvalue weighted by molar-refractivity contribution is -0.120. The maximum atomic E-state index is 12.8. The summed E-state index contributed by atoms with van der Waals surface area (Å²) in [6.07, 6.45) is 2.56. The summed E-state index contributed by atoms with van der Waals surface area (Å²) in [5.74, 6) is 0.806. The highest BCUT2D eigenvalue weighted by Gasteiger charge is 2.49. The summed E-state index contributed by atoms with van der Waals surface area (Å²) in [7, 11) is 0. The Balaban J connectivity index is 2.29. The van der Waals surface area contributed by atoms with E-state index in [4.69, 9.17) is 0 Å². The van der Waals surface area contributed by atoms with Gasteiger partial charge in [0.05, 0.1) is 12.2 Å². The fourth-order valence-electron chi connectivity index (χ4n) is 4.39. The molecule has 1 aliphatic carbocycles. The molecule has 1 aromatic carbocycles. The predicted octanol–water partition coefficient (Wildman–Crippen LogP) is 5.00. The Morgan fingerprint density at radius 3 is 2.62 bits per heavy atom. The van der Waals surface area contributed by atoms with E-state index in [1.54, 1.807) is 11.0 Å². The molecule has 0 aromatic heterocycles. The molecule has 0 bridgehead atoms. The van der Waals surface area contributed by atoms with Crippen LogP contribution in [0.3, 0.4) is 0 Å². The summed E-state index contributed by atoms with van der Waals surface area (Å²) in [4.78, 5) is 14.6. The maximum absolute atomic E-state index is 12.8. The van der Waals surface area contributed by atoms with Crippen molar-refractivity contribution < 1.29 is 9.90 Å². The first-order valence-corrected chi connectivity index (χ1v) is 9.39. The van der Waals surface area contributed by atoms with Crippen LogP contribution in [0.2, 0.25) is 0 Å². The summed E-state index contributed by atoms with van der Waals surface area (Å²) in [6, 6.07) is 3.67. The highest BCUT2D eigenvalue weighted by molar-refractivity contribution is 9.11. The molecule has 0 saturated carbocycles. The fraction of sp³-hybridized carbons (Fsp3) is 0.550. The third-order valence-electron chi connectivity index (χ3n) is 6.25. The Morgan fingerprint density at radius 2 is 2.04 bits per heavy atom. The molecule has 24 heavy (non-hydrogen) atoms. The second kappa shape index (κ2) is 5.62. The van der Waals surface area contributed by atoms with Crippen LogP contribution < -0.4 is 4.90 Å². The van der Waals surface area contributed by atoms with Crippen LogP contribution >= 0.6 is 15.9 Å². The van der Waals surface area contributed by atoms with Crippen molar-refractivity contribution in [2.45, 2.75) is 57.8 Å². The monoisotopic (exact) mass is 391 g/mol. The van der Waals surface area contributed by atoms with E-state index in [1.807, 2.05) is 6.07 Å². The van der Waals surface area contributed by atoms with Gasteiger partial charge >= 0.3 is 0 Å². The zero-order valence-corrected chi connectivity index (χ0v) is 16.5. The zero-order chi connectivity index (χ0) is 17.9. The average molecular weight is 392 g/mol. The van der Waals surface area contributed by atoms with Crippen LogP contribution in [-0.4, -0.2) is 17.6 Å². The van der Waals surface area contributed by atoms with Gasteiger partial charge in [-0.1, -0.05) is 50.2 Å². The smallest absolute Gasteiger partial charge is 0.228 e. The molecule has 1 aliphatic heterocycles. The summed E-state index contributed by atoms with van der Waals surface area (Å²) in [6.45, 7) is 13.3. The molecular weight excluding hydrogens is 366 g/mol. The van der Waals surface area contributed by atoms with Gasteiger partial charge in [-0.3, -0.25) is 4.79 Å². The lowest BCUT2D eigenvalue weighted by Crippen LogP contribution is -2.49. The fourth-order valence-corrected chi connectivity index (χ4v) is 4.64. The molecule has 1 amide bonds. The van der Waals surface area contributed by atoms with Crippen LogP contribution in [0.4, 0.5) is 5.69 Å². The first kappa shape index (κ1) is 17.5. The van der Waals surface area contributed by atoms with Gasteiger partial charge in [-0.15, -0.1) is 0 Å². The number of aromatic hydroxyl groups is 1. The van der Waals surface area contributed by atoms with Crippen LogP contribution in [-0.2, 0) is 15.6 Å². The number of nitrogens with zero attached hydrogens (tertiary/aromatic N) is 1. The topological polar surface area (TPSA) is 40.5 Å². The number of hydrogen-bond acceptors (Lipinski definition) is 2. The molecule has 0 fully saturated rings. The van der Waals surface area contributed by atoms with Crippen molar-refractivity contribution in [3.05, 3.63) is 34.3 Å². The Bertz CT molecular complexity index is 727. The molecule has 0 radical (unpaired) electrons. The van der Waals surface area contributed by atoms with Crippen LogP contribution in [0.15, 0.2) is 23.2 Å². The number of amides is 1. The maximum Gasteiger partial charge on any atom is 0.228 e. The first-order valence-electron chi connectivity index (χ1n) is 8.60. The number of benzene rings is 1. The van der Waals surface area contributed by atoms with Gasteiger partial charge in [0.1, 0.15) is 5.75 Å². The van der Waals surface area contributed by atoms with Crippen molar-refractivity contribution in [1.29, 1.82) is 0 Å². The molecule has 0 saturated heterocycles. The number of hydrogen-bond donors (Lipinski definition) is 1. The van der Waals surface area contributed by atoms with E-state index in [9.17, 15) is 9.90 Å². The summed E-state index contributed by atoms with van der Waals surface area (Å²) in [5, 5.41) is 10.4. The lowest BCUT2D eigenvalue weighted by Gasteiger charge is -2.51. The minimum Gasteiger partial charge on any atom is -0.508 e. The van der Waals surface area contributed by atoms with Crippen LogP contribution in [0, 0.1) is 5.92 Å². The van der Waals surface area contributed by atoms with Gasteiger partial charge in [0.25, 0.3) is 0 Å². The Hall–Kier alpha value is -1.29. The highest BCUT2D eigenvalue weighted by Crippen LogP contribution is 2.56. The molecule has 3 nitrogen and oxygen atoms in total. The normalized spacial score (nSPS) is 28.9. The van der Waals surface area contributed by atoms with Gasteiger partial charge in [0, 0.05) is 22.4 Å². The van der Waals surface area contributed by atoms with E-state index >= 15 is 0 Å². The van der Waals surface area contributed by atoms with Gasteiger partial charge in [-0.05, 0) is 41.4 Å². The Morgan fingerprint density at radius 1 is 1.38 bits per heavy atom. The van der Waals surface area contributed by atoms with Gasteiger partial charge in [-0.2, -0.15) is 0 Å². The van der Waals surface area contributed by atoms with Crippen LogP contribution in [0.5, 0.6) is 5.75 Å². The standard InChI is InChI=1S/C20H26BrNO2/c1-12(2)20(5)7-6-19(4)10-17(24)22(11-13(3)21)16-9-14(23)8-15(20)18(16)19/h8-9,12,23H,3,6-7,10-11H2,1-2,4-5H3/t19-,20-/m1/s1. The summed E-state index contributed by atoms with van der Waals surface area (Å²) in [5.41, 5.74) is 3.18. The highest BCUT2D eigenvalue weighted by atomic mass is 79.9. The number of phenolic OH excluding ortho intramolecular Hbond substituents is 1. The number of anilines is 1. The average Bonchev–Trinajstić information content (AvgIpc) is 2.46. The van der Waals surface area contributed by atoms with E-state index < -0.39 is 0 Å². The second-order valence-electron chi connectivity index (χ2n) is 8.19. The van der Waals surface area contributed by atoms with Gasteiger partial charge < -0.3 is 10.0 Å². The Kier molecular flexibility index (Phi) is 4.10. The molecule has 1 heterocycles. The zero-order valence-electron chi connectivity index (χ0n) is 14.9. The van der Waals surface area contributed by atoms with Crippen molar-refractivity contribution in [3.63, 3.8) is 0 Å². The van der Waals surface area contributed by atoms with Crippen LogP contribution in [0.25, 0.3) is 0 Å². The minimum atomic E-state index is -0.145. The van der Waals surface area contributed by atoms with Crippen molar-refractivity contribution in [1.82, 2.24) is 0 Å². The first-order chi connectivity index (χ1) is 11.1. The van der Waals surface area contributed by atoms with E-state index in [0.29, 0.717) is 18.9 Å². The van der Waals surface area contributed by atoms with Crippen molar-refractivity contribution >= 4 is 27.5 Å². The largest absolute Gasteiger partial charge is 0.508 e. The number of rotatable bonds is 3. The molecule has 0 spiro atoms. The van der Waals surface area contributed by atoms with Gasteiger partial charge in [0.15, 0.2) is 0 Å². The molecule has 1 aromatic rings. The SMILES string of the molecule is C=C(Br)CN1C(=O)C[C@@]2(C)CC[C@](C)(C(C)C)c3cc(O)cc1c32.